The van der Waals surface area contributed by atoms with Crippen molar-refractivity contribution < 1.29 is 4.74 Å². The van der Waals surface area contributed by atoms with Gasteiger partial charge in [-0.2, -0.15) is 0 Å². The van der Waals surface area contributed by atoms with Crippen molar-refractivity contribution in [1.29, 1.82) is 0 Å². The van der Waals surface area contributed by atoms with Crippen LogP contribution in [0.4, 0.5) is 5.69 Å². The van der Waals surface area contributed by atoms with Gasteiger partial charge in [0, 0.05) is 43.0 Å². The van der Waals surface area contributed by atoms with Crippen molar-refractivity contribution >= 4 is 17.3 Å². The van der Waals surface area contributed by atoms with E-state index in [4.69, 9.17) is 16.3 Å². The molecule has 0 aromatic heterocycles. The van der Waals surface area contributed by atoms with Gasteiger partial charge >= 0.3 is 0 Å². The van der Waals surface area contributed by atoms with E-state index in [0.29, 0.717) is 12.0 Å². The molecule has 0 spiro atoms. The van der Waals surface area contributed by atoms with E-state index in [0.717, 1.165) is 37.9 Å². The van der Waals surface area contributed by atoms with Gasteiger partial charge in [0.25, 0.3) is 0 Å². The number of rotatable bonds is 4. The largest absolute Gasteiger partial charge is 0.381 e. The third-order valence-electron chi connectivity index (χ3n) is 4.08. The molecule has 0 unspecified atom stereocenters. The fraction of sp³-hybridized carbons (Fsp3) is 0.600. The van der Waals surface area contributed by atoms with Crippen LogP contribution < -0.4 is 10.2 Å². The van der Waals surface area contributed by atoms with Crippen LogP contribution in [0.1, 0.15) is 12.8 Å². The first-order chi connectivity index (χ1) is 9.31. The molecule has 0 saturated carbocycles. The SMILES string of the molecule is Clc1cccc(N2CC[C@H](NC[C@H]3CCOC3)C2)c1. The van der Waals surface area contributed by atoms with Gasteiger partial charge < -0.3 is 15.0 Å². The highest BCUT2D eigenvalue weighted by atomic mass is 35.5. The Hall–Kier alpha value is -0.770. The highest BCUT2D eigenvalue weighted by Crippen LogP contribution is 2.23. The Balaban J connectivity index is 1.49. The van der Waals surface area contributed by atoms with Crippen molar-refractivity contribution in [3.8, 4) is 0 Å². The molecular weight excluding hydrogens is 260 g/mol. The van der Waals surface area contributed by atoms with E-state index in [2.05, 4.69) is 22.3 Å². The van der Waals surface area contributed by atoms with Crippen molar-refractivity contribution in [1.82, 2.24) is 5.32 Å². The number of nitrogens with zero attached hydrogens (tertiary/aromatic N) is 1. The Morgan fingerprint density at radius 2 is 2.32 bits per heavy atom. The minimum absolute atomic E-state index is 0.597. The maximum absolute atomic E-state index is 6.05. The number of benzene rings is 1. The Labute approximate surface area is 119 Å². The van der Waals surface area contributed by atoms with E-state index >= 15 is 0 Å². The molecular formula is C15H21ClN2O. The van der Waals surface area contributed by atoms with E-state index in [1.54, 1.807) is 0 Å². The number of hydrogen-bond acceptors (Lipinski definition) is 3. The Bertz CT molecular complexity index is 420. The quantitative estimate of drug-likeness (QED) is 0.917. The highest BCUT2D eigenvalue weighted by Gasteiger charge is 2.24. The lowest BCUT2D eigenvalue weighted by atomic mass is 10.1. The molecule has 0 amide bonds. The zero-order chi connectivity index (χ0) is 13.1. The third-order valence-corrected chi connectivity index (χ3v) is 4.32. The second kappa shape index (κ2) is 6.12. The molecule has 4 heteroatoms. The van der Waals surface area contributed by atoms with Gasteiger partial charge in [0.1, 0.15) is 0 Å². The van der Waals surface area contributed by atoms with Crippen LogP contribution in [0.25, 0.3) is 0 Å². The zero-order valence-corrected chi connectivity index (χ0v) is 11.9. The summed E-state index contributed by atoms with van der Waals surface area (Å²) in [6, 6.07) is 8.73. The van der Waals surface area contributed by atoms with Crippen molar-refractivity contribution in [3.63, 3.8) is 0 Å². The normalized spacial score (nSPS) is 27.1. The molecule has 2 aliphatic rings. The topological polar surface area (TPSA) is 24.5 Å². The average molecular weight is 281 g/mol. The molecule has 2 saturated heterocycles. The molecule has 2 heterocycles. The molecule has 104 valence electrons. The number of halogens is 1. The van der Waals surface area contributed by atoms with Crippen molar-refractivity contribution in [2.75, 3.05) is 37.7 Å². The Morgan fingerprint density at radius 3 is 3.11 bits per heavy atom. The van der Waals surface area contributed by atoms with Crippen LogP contribution in [0, 0.1) is 5.92 Å². The summed E-state index contributed by atoms with van der Waals surface area (Å²) < 4.78 is 5.41. The predicted octanol–water partition coefficient (Wildman–Crippen LogP) is 2.54. The van der Waals surface area contributed by atoms with Gasteiger partial charge in [-0.25, -0.2) is 0 Å². The van der Waals surface area contributed by atoms with E-state index in [1.807, 2.05) is 12.1 Å². The summed E-state index contributed by atoms with van der Waals surface area (Å²) in [5.74, 6) is 0.709. The summed E-state index contributed by atoms with van der Waals surface area (Å²) in [5.41, 5.74) is 1.24. The summed E-state index contributed by atoms with van der Waals surface area (Å²) in [4.78, 5) is 2.41. The van der Waals surface area contributed by atoms with Crippen LogP contribution in [0.3, 0.4) is 0 Å². The monoisotopic (exact) mass is 280 g/mol. The fourth-order valence-corrected chi connectivity index (χ4v) is 3.10. The van der Waals surface area contributed by atoms with Crippen molar-refractivity contribution in [2.24, 2.45) is 5.92 Å². The van der Waals surface area contributed by atoms with Gasteiger partial charge in [-0.1, -0.05) is 17.7 Å². The minimum atomic E-state index is 0.597. The molecule has 1 N–H and O–H groups in total. The molecule has 19 heavy (non-hydrogen) atoms. The van der Waals surface area contributed by atoms with E-state index < -0.39 is 0 Å². The van der Waals surface area contributed by atoms with Gasteiger partial charge in [0.15, 0.2) is 0 Å². The maximum Gasteiger partial charge on any atom is 0.0507 e. The van der Waals surface area contributed by atoms with E-state index in [1.165, 1.54) is 18.5 Å². The number of anilines is 1. The van der Waals surface area contributed by atoms with E-state index in [9.17, 15) is 0 Å². The molecule has 2 aliphatic heterocycles. The van der Waals surface area contributed by atoms with Crippen molar-refractivity contribution in [3.05, 3.63) is 29.3 Å². The fourth-order valence-electron chi connectivity index (χ4n) is 2.91. The van der Waals surface area contributed by atoms with Gasteiger partial charge in [0.05, 0.1) is 6.61 Å². The zero-order valence-electron chi connectivity index (χ0n) is 11.1. The maximum atomic E-state index is 6.05. The lowest BCUT2D eigenvalue weighted by molar-refractivity contribution is 0.184. The molecule has 1 aromatic rings. The highest BCUT2D eigenvalue weighted by molar-refractivity contribution is 6.30. The first-order valence-electron chi connectivity index (χ1n) is 7.13. The summed E-state index contributed by atoms with van der Waals surface area (Å²) in [6.07, 6.45) is 2.41. The summed E-state index contributed by atoms with van der Waals surface area (Å²) in [7, 11) is 0. The smallest absolute Gasteiger partial charge is 0.0507 e. The summed E-state index contributed by atoms with van der Waals surface area (Å²) in [6.45, 7) is 5.14. The number of ether oxygens (including phenoxy) is 1. The van der Waals surface area contributed by atoms with E-state index in [-0.39, 0.29) is 0 Å². The molecule has 2 fully saturated rings. The van der Waals surface area contributed by atoms with Crippen LogP contribution in [-0.4, -0.2) is 38.9 Å². The Kier molecular flexibility index (Phi) is 4.26. The van der Waals surface area contributed by atoms with Gasteiger partial charge in [-0.15, -0.1) is 0 Å². The molecule has 1 aromatic carbocycles. The van der Waals surface area contributed by atoms with Crippen molar-refractivity contribution in [2.45, 2.75) is 18.9 Å². The molecule has 0 bridgehead atoms. The number of hydrogen-bond donors (Lipinski definition) is 1. The standard InChI is InChI=1S/C15H21ClN2O/c16-13-2-1-3-15(8-13)18-6-4-14(10-18)17-9-12-5-7-19-11-12/h1-3,8,12,14,17H,4-7,9-11H2/t12-,14+/m1/s1. The van der Waals surface area contributed by atoms with Crippen LogP contribution in [-0.2, 0) is 4.74 Å². The third kappa shape index (κ3) is 3.41. The second-order valence-corrected chi connectivity index (χ2v) is 5.99. The van der Waals surface area contributed by atoms with Crippen LogP contribution in [0.15, 0.2) is 24.3 Å². The predicted molar refractivity (Wildman–Crippen MR) is 79.0 cm³/mol. The number of nitrogens with one attached hydrogen (secondary N) is 1. The molecule has 3 nitrogen and oxygen atoms in total. The van der Waals surface area contributed by atoms with Gasteiger partial charge in [-0.3, -0.25) is 0 Å². The molecule has 2 atom stereocenters. The summed E-state index contributed by atoms with van der Waals surface area (Å²) in [5, 5.41) is 4.50. The van der Waals surface area contributed by atoms with Crippen LogP contribution in [0.5, 0.6) is 0 Å². The average Bonchev–Trinajstić information content (AvgIpc) is 3.08. The molecule has 3 rings (SSSR count). The lowest BCUT2D eigenvalue weighted by Gasteiger charge is -2.20. The van der Waals surface area contributed by atoms with Gasteiger partial charge in [-0.05, 0) is 37.0 Å². The van der Waals surface area contributed by atoms with Gasteiger partial charge in [0.2, 0.25) is 0 Å². The van der Waals surface area contributed by atoms with Crippen LogP contribution in [0.2, 0.25) is 5.02 Å². The molecule has 0 radical (unpaired) electrons. The van der Waals surface area contributed by atoms with Crippen LogP contribution >= 0.6 is 11.6 Å². The Morgan fingerprint density at radius 1 is 1.37 bits per heavy atom. The first kappa shape index (κ1) is 13.2. The molecule has 0 aliphatic carbocycles. The summed E-state index contributed by atoms with van der Waals surface area (Å²) >= 11 is 6.05. The lowest BCUT2D eigenvalue weighted by Crippen LogP contribution is -2.36. The second-order valence-electron chi connectivity index (χ2n) is 5.55. The first-order valence-corrected chi connectivity index (χ1v) is 7.51. The minimum Gasteiger partial charge on any atom is -0.381 e.